The highest BCUT2D eigenvalue weighted by Gasteiger charge is 2.26. The van der Waals surface area contributed by atoms with Crippen LogP contribution in [0.25, 0.3) is 0 Å². The van der Waals surface area contributed by atoms with E-state index in [4.69, 9.17) is 9.47 Å². The van der Waals surface area contributed by atoms with Crippen molar-refractivity contribution in [3.05, 3.63) is 36.5 Å². The minimum atomic E-state index is -1.03. The zero-order valence-corrected chi connectivity index (χ0v) is 30.0. The summed E-state index contributed by atoms with van der Waals surface area (Å²) in [5, 5.41) is 20.2. The number of ether oxygens (including phenoxy) is 2. The number of hydrogen-bond acceptors (Lipinski definition) is 7. The molecule has 7 nitrogen and oxygen atoms in total. The van der Waals surface area contributed by atoms with E-state index in [1.807, 2.05) is 24.3 Å². The molecule has 0 fully saturated rings. The Morgan fingerprint density at radius 1 is 0.766 bits per heavy atom. The van der Waals surface area contributed by atoms with Gasteiger partial charge in [0.1, 0.15) is 19.3 Å². The van der Waals surface area contributed by atoms with E-state index in [0.717, 1.165) is 57.3 Å². The molecule has 0 bridgehead atoms. The third kappa shape index (κ3) is 24.5. The molecule has 270 valence electrons. The Morgan fingerprint density at radius 3 is 1.91 bits per heavy atom. The number of hydrogen-bond donors (Lipinski definition) is 2. The van der Waals surface area contributed by atoms with Crippen LogP contribution < -0.4 is 0 Å². The summed E-state index contributed by atoms with van der Waals surface area (Å²) in [6.45, 7) is 6.36. The van der Waals surface area contributed by atoms with Crippen molar-refractivity contribution in [2.75, 3.05) is 13.2 Å². The van der Waals surface area contributed by atoms with Gasteiger partial charge in [0.05, 0.1) is 6.10 Å². The highest BCUT2D eigenvalue weighted by Crippen LogP contribution is 2.27. The number of allylic oxidation sites excluding steroid dienone is 5. The van der Waals surface area contributed by atoms with Crippen molar-refractivity contribution >= 4 is 17.7 Å². The largest absolute Gasteiger partial charge is 0.463 e. The highest BCUT2D eigenvalue weighted by atomic mass is 16.6. The summed E-state index contributed by atoms with van der Waals surface area (Å²) in [5.74, 6) is 0.0339. The summed E-state index contributed by atoms with van der Waals surface area (Å²) in [6.07, 6.45) is 31.1. The molecule has 0 radical (unpaired) electrons. The molecule has 0 saturated heterocycles. The zero-order valence-electron chi connectivity index (χ0n) is 30.0. The molecule has 0 aromatic rings. The van der Waals surface area contributed by atoms with Crippen LogP contribution in [0.3, 0.4) is 0 Å². The SMILES string of the molecule is CCCCC[C@H](O)/C=C/[C@H]1C(=O)C=C[C@@H]1C/C=C\CCCC(=O)OC[C@H](O)COC(=O)CCCCCCCCCCCCCC(C)C. The molecule has 0 saturated carbocycles. The van der Waals surface area contributed by atoms with Gasteiger partial charge in [0, 0.05) is 18.8 Å². The van der Waals surface area contributed by atoms with Crippen LogP contribution in [0.5, 0.6) is 0 Å². The van der Waals surface area contributed by atoms with Crippen LogP contribution in [0.15, 0.2) is 36.5 Å². The Bertz CT molecular complexity index is 906. The third-order valence-corrected chi connectivity index (χ3v) is 8.80. The van der Waals surface area contributed by atoms with Crippen molar-refractivity contribution in [1.82, 2.24) is 0 Å². The maximum Gasteiger partial charge on any atom is 0.305 e. The number of aliphatic hydroxyl groups excluding tert-OH is 2. The van der Waals surface area contributed by atoms with Crippen molar-refractivity contribution in [3.63, 3.8) is 0 Å². The summed E-state index contributed by atoms with van der Waals surface area (Å²) in [6, 6.07) is 0. The first-order valence-electron chi connectivity index (χ1n) is 19.0. The van der Waals surface area contributed by atoms with Gasteiger partial charge in [0.2, 0.25) is 0 Å². The van der Waals surface area contributed by atoms with E-state index >= 15 is 0 Å². The van der Waals surface area contributed by atoms with Gasteiger partial charge < -0.3 is 19.7 Å². The maximum absolute atomic E-state index is 12.2. The lowest BCUT2D eigenvalue weighted by molar-refractivity contribution is -0.152. The van der Waals surface area contributed by atoms with E-state index in [0.29, 0.717) is 19.3 Å². The number of carbonyl (C=O) groups is 3. The van der Waals surface area contributed by atoms with Gasteiger partial charge in [-0.1, -0.05) is 141 Å². The number of rotatable bonds is 30. The molecular weight excluding hydrogens is 592 g/mol. The van der Waals surface area contributed by atoms with Gasteiger partial charge in [-0.25, -0.2) is 0 Å². The van der Waals surface area contributed by atoms with Crippen molar-refractivity contribution < 1.29 is 34.1 Å². The molecule has 1 aliphatic rings. The Kier molecular flexibility index (Phi) is 26.1. The van der Waals surface area contributed by atoms with E-state index in [9.17, 15) is 24.6 Å². The smallest absolute Gasteiger partial charge is 0.305 e. The molecule has 1 aliphatic carbocycles. The molecule has 47 heavy (non-hydrogen) atoms. The highest BCUT2D eigenvalue weighted by molar-refractivity contribution is 5.95. The van der Waals surface area contributed by atoms with Crippen molar-refractivity contribution in [1.29, 1.82) is 0 Å². The number of unbranched alkanes of at least 4 members (excludes halogenated alkanes) is 13. The van der Waals surface area contributed by atoms with E-state index in [1.54, 1.807) is 12.2 Å². The fourth-order valence-electron chi connectivity index (χ4n) is 5.79. The quantitative estimate of drug-likeness (QED) is 0.0449. The normalized spacial score (nSPS) is 17.7. The lowest BCUT2D eigenvalue weighted by atomic mass is 9.90. The van der Waals surface area contributed by atoms with E-state index in [2.05, 4.69) is 20.8 Å². The molecule has 0 aromatic carbocycles. The summed E-state index contributed by atoms with van der Waals surface area (Å²) >= 11 is 0. The molecule has 4 atom stereocenters. The van der Waals surface area contributed by atoms with Crippen LogP contribution >= 0.6 is 0 Å². The third-order valence-electron chi connectivity index (χ3n) is 8.80. The molecule has 0 aliphatic heterocycles. The summed E-state index contributed by atoms with van der Waals surface area (Å²) in [7, 11) is 0. The zero-order chi connectivity index (χ0) is 34.5. The van der Waals surface area contributed by atoms with Gasteiger partial charge in [0.15, 0.2) is 5.78 Å². The van der Waals surface area contributed by atoms with Gasteiger partial charge in [-0.2, -0.15) is 0 Å². The van der Waals surface area contributed by atoms with Gasteiger partial charge in [0.25, 0.3) is 0 Å². The Balaban J connectivity index is 2.02. The standard InChI is InChI=1S/C40H68O7/c1-4-5-17-24-35(41)28-29-37-34(27-30-38(37)43)23-19-15-16-21-26-40(45)47-32-36(42)31-46-39(44)25-20-14-12-10-8-6-7-9-11-13-18-22-33(2)3/h15,19,27-30,33-37,41-42H,4-14,16-18,20-26,31-32H2,1-3H3/b19-15-,29-28+/t34-,35-,36+,37+/m0/s1. The van der Waals surface area contributed by atoms with E-state index < -0.39 is 18.2 Å². The number of aliphatic hydroxyl groups is 2. The topological polar surface area (TPSA) is 110 Å². The van der Waals surface area contributed by atoms with Crippen molar-refractivity contribution in [2.24, 2.45) is 17.8 Å². The molecule has 0 amide bonds. The predicted octanol–water partition coefficient (Wildman–Crippen LogP) is 9.15. The Morgan fingerprint density at radius 2 is 1.32 bits per heavy atom. The van der Waals surface area contributed by atoms with E-state index in [1.165, 1.54) is 57.8 Å². The second-order valence-electron chi connectivity index (χ2n) is 13.8. The number of carbonyl (C=O) groups excluding carboxylic acids is 3. The minimum Gasteiger partial charge on any atom is -0.463 e. The van der Waals surface area contributed by atoms with Crippen molar-refractivity contribution in [2.45, 2.75) is 168 Å². The second kappa shape index (κ2) is 28.7. The van der Waals surface area contributed by atoms with Gasteiger partial charge >= 0.3 is 11.9 Å². The van der Waals surface area contributed by atoms with Crippen LogP contribution in [0.4, 0.5) is 0 Å². The molecular formula is C40H68O7. The van der Waals surface area contributed by atoms with Crippen LogP contribution in [0.1, 0.15) is 156 Å². The van der Waals surface area contributed by atoms with Crippen LogP contribution in [0, 0.1) is 17.8 Å². The molecule has 0 aromatic heterocycles. The number of ketones is 1. The summed E-state index contributed by atoms with van der Waals surface area (Å²) in [5.41, 5.74) is 0. The molecule has 0 unspecified atom stereocenters. The van der Waals surface area contributed by atoms with Crippen molar-refractivity contribution in [3.8, 4) is 0 Å². The maximum atomic E-state index is 12.2. The van der Waals surface area contributed by atoms with Gasteiger partial charge in [-0.15, -0.1) is 0 Å². The monoisotopic (exact) mass is 660 g/mol. The molecule has 1 rings (SSSR count). The first-order chi connectivity index (χ1) is 22.7. The average molecular weight is 661 g/mol. The average Bonchev–Trinajstić information content (AvgIpc) is 3.40. The first kappa shape index (κ1) is 42.8. The predicted molar refractivity (Wildman–Crippen MR) is 191 cm³/mol. The minimum absolute atomic E-state index is 0.0738. The summed E-state index contributed by atoms with van der Waals surface area (Å²) < 4.78 is 10.3. The lowest BCUT2D eigenvalue weighted by Gasteiger charge is -2.13. The molecule has 0 heterocycles. The fraction of sp³-hybridized carbons (Fsp3) is 0.775. The lowest BCUT2D eigenvalue weighted by Crippen LogP contribution is -2.25. The summed E-state index contributed by atoms with van der Waals surface area (Å²) in [4.78, 5) is 36.3. The second-order valence-corrected chi connectivity index (χ2v) is 13.8. The van der Waals surface area contributed by atoms with Crippen LogP contribution in [-0.4, -0.2) is 53.4 Å². The van der Waals surface area contributed by atoms with Gasteiger partial charge in [-0.3, -0.25) is 14.4 Å². The molecule has 2 N–H and O–H groups in total. The first-order valence-corrected chi connectivity index (χ1v) is 19.0. The molecule has 0 spiro atoms. The van der Waals surface area contributed by atoms with Gasteiger partial charge in [-0.05, 0) is 50.0 Å². The van der Waals surface area contributed by atoms with Crippen LogP contribution in [-0.2, 0) is 23.9 Å². The Labute approximate surface area is 286 Å². The van der Waals surface area contributed by atoms with Crippen LogP contribution in [0.2, 0.25) is 0 Å². The number of esters is 2. The fourth-order valence-corrected chi connectivity index (χ4v) is 5.79. The molecule has 7 heteroatoms. The Hall–Kier alpha value is -2.25. The van der Waals surface area contributed by atoms with E-state index in [-0.39, 0.29) is 43.2 Å².